The lowest BCUT2D eigenvalue weighted by Gasteiger charge is -2.12. The number of rotatable bonds is 2. The predicted molar refractivity (Wildman–Crippen MR) is 29.0 cm³/mol. The topological polar surface area (TPSA) is 43.1 Å². The molecule has 0 bridgehead atoms. The van der Waals surface area contributed by atoms with Crippen molar-refractivity contribution in [2.45, 2.75) is 19.5 Å². The SMILES string of the molecule is C[C@H](CC(N)=O)C(F)(F)F. The van der Waals surface area contributed by atoms with Crippen LogP contribution in [-0.4, -0.2) is 12.1 Å². The molecule has 2 N–H and O–H groups in total. The molecule has 1 amide bonds. The Hall–Kier alpha value is -0.740. The number of hydrogen-bond donors (Lipinski definition) is 1. The molecular formula is C5H8F3NO. The Bertz CT molecular complexity index is 131. The van der Waals surface area contributed by atoms with Crippen molar-refractivity contribution in [1.82, 2.24) is 0 Å². The average Bonchev–Trinajstić information content (AvgIpc) is 1.60. The van der Waals surface area contributed by atoms with Gasteiger partial charge in [0.2, 0.25) is 5.91 Å². The Morgan fingerprint density at radius 2 is 2.00 bits per heavy atom. The number of nitrogens with two attached hydrogens (primary N) is 1. The van der Waals surface area contributed by atoms with Crippen LogP contribution >= 0.6 is 0 Å². The molecule has 0 aliphatic heterocycles. The normalized spacial score (nSPS) is 14.8. The van der Waals surface area contributed by atoms with E-state index in [1.165, 1.54) is 0 Å². The predicted octanol–water partition coefficient (Wildman–Crippen LogP) is 1.06. The van der Waals surface area contributed by atoms with E-state index in [2.05, 4.69) is 5.73 Å². The van der Waals surface area contributed by atoms with E-state index in [4.69, 9.17) is 0 Å². The second-order valence-electron chi connectivity index (χ2n) is 2.11. The van der Waals surface area contributed by atoms with E-state index in [0.29, 0.717) is 0 Å². The van der Waals surface area contributed by atoms with Crippen LogP contribution in [0.25, 0.3) is 0 Å². The van der Waals surface area contributed by atoms with Gasteiger partial charge in [0.1, 0.15) is 0 Å². The summed E-state index contributed by atoms with van der Waals surface area (Å²) < 4.78 is 34.8. The lowest BCUT2D eigenvalue weighted by Crippen LogP contribution is -2.25. The van der Waals surface area contributed by atoms with E-state index >= 15 is 0 Å². The van der Waals surface area contributed by atoms with E-state index < -0.39 is 24.4 Å². The van der Waals surface area contributed by atoms with E-state index in [1.807, 2.05) is 0 Å². The van der Waals surface area contributed by atoms with Gasteiger partial charge in [0.25, 0.3) is 0 Å². The first-order chi connectivity index (χ1) is 4.34. The Kier molecular flexibility index (Phi) is 2.68. The minimum atomic E-state index is -4.31. The van der Waals surface area contributed by atoms with Crippen molar-refractivity contribution in [3.05, 3.63) is 0 Å². The highest BCUT2D eigenvalue weighted by atomic mass is 19.4. The third kappa shape index (κ3) is 3.32. The van der Waals surface area contributed by atoms with Gasteiger partial charge in [-0.3, -0.25) is 4.79 Å². The highest BCUT2D eigenvalue weighted by Gasteiger charge is 2.36. The zero-order valence-corrected chi connectivity index (χ0v) is 5.40. The third-order valence-electron chi connectivity index (χ3n) is 1.07. The minimum absolute atomic E-state index is 0.635. The van der Waals surface area contributed by atoms with Gasteiger partial charge in [-0.2, -0.15) is 13.2 Å². The van der Waals surface area contributed by atoms with Gasteiger partial charge in [-0.05, 0) is 0 Å². The molecule has 0 saturated heterocycles. The van der Waals surface area contributed by atoms with Crippen molar-refractivity contribution < 1.29 is 18.0 Å². The maximum atomic E-state index is 11.6. The Morgan fingerprint density at radius 3 is 2.10 bits per heavy atom. The Balaban J connectivity index is 3.85. The molecule has 2 nitrogen and oxygen atoms in total. The summed E-state index contributed by atoms with van der Waals surface area (Å²) in [5, 5.41) is 0. The maximum Gasteiger partial charge on any atom is 0.392 e. The van der Waals surface area contributed by atoms with Gasteiger partial charge < -0.3 is 5.73 Å². The van der Waals surface area contributed by atoms with Gasteiger partial charge in [0, 0.05) is 6.42 Å². The largest absolute Gasteiger partial charge is 0.392 e. The lowest BCUT2D eigenvalue weighted by molar-refractivity contribution is -0.173. The van der Waals surface area contributed by atoms with Crippen molar-refractivity contribution in [2.24, 2.45) is 11.7 Å². The fraction of sp³-hybridized carbons (Fsp3) is 0.800. The van der Waals surface area contributed by atoms with E-state index in [9.17, 15) is 18.0 Å². The van der Waals surface area contributed by atoms with Crippen molar-refractivity contribution in [2.75, 3.05) is 0 Å². The molecular weight excluding hydrogens is 147 g/mol. The van der Waals surface area contributed by atoms with Gasteiger partial charge in [-0.1, -0.05) is 6.92 Å². The molecule has 0 fully saturated rings. The second kappa shape index (κ2) is 2.90. The number of carbonyl (C=O) groups excluding carboxylic acids is 1. The van der Waals surface area contributed by atoms with Crippen LogP contribution < -0.4 is 5.73 Å². The summed E-state index contributed by atoms with van der Waals surface area (Å²) in [6, 6.07) is 0. The first-order valence-corrected chi connectivity index (χ1v) is 2.69. The molecule has 0 aliphatic carbocycles. The van der Waals surface area contributed by atoms with Crippen molar-refractivity contribution in [3.63, 3.8) is 0 Å². The van der Waals surface area contributed by atoms with E-state index in [0.717, 1.165) is 6.92 Å². The van der Waals surface area contributed by atoms with Crippen LogP contribution in [0.5, 0.6) is 0 Å². The van der Waals surface area contributed by atoms with E-state index in [-0.39, 0.29) is 0 Å². The first kappa shape index (κ1) is 9.26. The summed E-state index contributed by atoms with van der Waals surface area (Å²) >= 11 is 0. The number of alkyl halides is 3. The standard InChI is InChI=1S/C5H8F3NO/c1-3(2-4(9)10)5(6,7)8/h3H,2H2,1H3,(H2,9,10)/t3-/m1/s1. The number of carbonyl (C=O) groups is 1. The molecule has 0 spiro atoms. The molecule has 0 rings (SSSR count). The highest BCUT2D eigenvalue weighted by Crippen LogP contribution is 2.27. The molecule has 0 heterocycles. The first-order valence-electron chi connectivity index (χ1n) is 2.69. The van der Waals surface area contributed by atoms with Gasteiger partial charge in [-0.25, -0.2) is 0 Å². The van der Waals surface area contributed by atoms with Gasteiger partial charge >= 0.3 is 6.18 Å². The van der Waals surface area contributed by atoms with Crippen LogP contribution in [0, 0.1) is 5.92 Å². The van der Waals surface area contributed by atoms with Crippen LogP contribution in [0.1, 0.15) is 13.3 Å². The minimum Gasteiger partial charge on any atom is -0.370 e. The summed E-state index contributed by atoms with van der Waals surface area (Å²) in [4.78, 5) is 9.98. The quantitative estimate of drug-likeness (QED) is 0.636. The van der Waals surface area contributed by atoms with Gasteiger partial charge in [0.15, 0.2) is 0 Å². The molecule has 0 aromatic heterocycles. The van der Waals surface area contributed by atoms with E-state index in [1.54, 1.807) is 0 Å². The molecule has 10 heavy (non-hydrogen) atoms. The Labute approximate surface area is 56.2 Å². The number of primary amides is 1. The molecule has 0 aromatic carbocycles. The summed E-state index contributed by atoms with van der Waals surface area (Å²) in [7, 11) is 0. The number of amides is 1. The molecule has 0 saturated carbocycles. The zero-order valence-electron chi connectivity index (χ0n) is 5.40. The summed E-state index contributed by atoms with van der Waals surface area (Å²) in [6.45, 7) is 0.921. The molecule has 0 aromatic rings. The third-order valence-corrected chi connectivity index (χ3v) is 1.07. The number of halogens is 3. The fourth-order valence-electron chi connectivity index (χ4n) is 0.418. The summed E-state index contributed by atoms with van der Waals surface area (Å²) in [5.41, 5.74) is 4.55. The zero-order chi connectivity index (χ0) is 8.36. The average molecular weight is 155 g/mol. The van der Waals surface area contributed by atoms with Crippen LogP contribution in [-0.2, 0) is 4.79 Å². The second-order valence-corrected chi connectivity index (χ2v) is 2.11. The van der Waals surface area contributed by atoms with Crippen LogP contribution in [0.15, 0.2) is 0 Å². The maximum absolute atomic E-state index is 11.6. The summed E-state index contributed by atoms with van der Waals surface area (Å²) in [6.07, 6.45) is -4.95. The monoisotopic (exact) mass is 155 g/mol. The van der Waals surface area contributed by atoms with Crippen LogP contribution in [0.3, 0.4) is 0 Å². The molecule has 0 aliphatic rings. The molecule has 0 unspecified atom stereocenters. The number of hydrogen-bond acceptors (Lipinski definition) is 1. The van der Waals surface area contributed by atoms with Gasteiger partial charge in [-0.15, -0.1) is 0 Å². The van der Waals surface area contributed by atoms with Crippen LogP contribution in [0.4, 0.5) is 13.2 Å². The van der Waals surface area contributed by atoms with Gasteiger partial charge in [0.05, 0.1) is 5.92 Å². The molecule has 5 heteroatoms. The van der Waals surface area contributed by atoms with Crippen molar-refractivity contribution in [3.8, 4) is 0 Å². The highest BCUT2D eigenvalue weighted by molar-refractivity contribution is 5.74. The fourth-order valence-corrected chi connectivity index (χ4v) is 0.418. The van der Waals surface area contributed by atoms with Crippen LogP contribution in [0.2, 0.25) is 0 Å². The smallest absolute Gasteiger partial charge is 0.370 e. The molecule has 1 atom stereocenters. The molecule has 60 valence electrons. The lowest BCUT2D eigenvalue weighted by atomic mass is 10.1. The van der Waals surface area contributed by atoms with Crippen molar-refractivity contribution >= 4 is 5.91 Å². The Morgan fingerprint density at radius 1 is 1.60 bits per heavy atom. The molecule has 0 radical (unpaired) electrons. The summed E-state index contributed by atoms with van der Waals surface area (Å²) in [5.74, 6) is -2.56. The van der Waals surface area contributed by atoms with Crippen molar-refractivity contribution in [1.29, 1.82) is 0 Å².